The van der Waals surface area contributed by atoms with E-state index >= 15 is 0 Å². The second-order valence-electron chi connectivity index (χ2n) is 5.70. The van der Waals surface area contributed by atoms with Crippen LogP contribution in [0.4, 0.5) is 0 Å². The van der Waals surface area contributed by atoms with E-state index in [0.717, 1.165) is 11.3 Å². The fourth-order valence-electron chi connectivity index (χ4n) is 2.73. The zero-order valence-corrected chi connectivity index (χ0v) is 15.2. The molecular formula is C15H19N3O4S2. The van der Waals surface area contributed by atoms with E-state index in [4.69, 9.17) is 4.52 Å². The normalized spacial score (nSPS) is 16.5. The number of carbonyl (C=O) groups is 1. The number of carbonyl (C=O) groups excluding carboxylic acids is 1. The lowest BCUT2D eigenvalue weighted by Crippen LogP contribution is -2.50. The molecule has 9 heteroatoms. The highest BCUT2D eigenvalue weighted by atomic mass is 32.2. The van der Waals surface area contributed by atoms with Crippen LogP contribution in [0.1, 0.15) is 17.0 Å². The first kappa shape index (κ1) is 17.1. The largest absolute Gasteiger partial charge is 0.361 e. The predicted molar refractivity (Wildman–Crippen MR) is 89.3 cm³/mol. The summed E-state index contributed by atoms with van der Waals surface area (Å²) in [6.45, 7) is 5.01. The molecule has 1 amide bonds. The molecule has 24 heavy (non-hydrogen) atoms. The van der Waals surface area contributed by atoms with Gasteiger partial charge < -0.3 is 9.42 Å². The Hall–Kier alpha value is -1.71. The number of hydrogen-bond donors (Lipinski definition) is 0. The van der Waals surface area contributed by atoms with Gasteiger partial charge in [-0.2, -0.15) is 4.31 Å². The number of rotatable bonds is 4. The van der Waals surface area contributed by atoms with Crippen molar-refractivity contribution >= 4 is 27.3 Å². The Morgan fingerprint density at radius 3 is 2.54 bits per heavy atom. The molecule has 0 atom stereocenters. The van der Waals surface area contributed by atoms with Crippen LogP contribution < -0.4 is 0 Å². The first-order valence-electron chi connectivity index (χ1n) is 7.63. The highest BCUT2D eigenvalue weighted by Gasteiger charge is 2.31. The molecule has 0 unspecified atom stereocenters. The number of nitrogens with zero attached hydrogens (tertiary/aromatic N) is 3. The Balaban J connectivity index is 1.62. The third kappa shape index (κ3) is 3.24. The van der Waals surface area contributed by atoms with Gasteiger partial charge in [-0.15, -0.1) is 11.3 Å². The van der Waals surface area contributed by atoms with Crippen LogP contribution in [-0.4, -0.2) is 54.9 Å². The number of aryl methyl sites for hydroxylation is 2. The molecule has 3 rings (SSSR count). The van der Waals surface area contributed by atoms with Crippen molar-refractivity contribution in [1.29, 1.82) is 0 Å². The SMILES string of the molecule is Cc1noc(C)c1CC(=O)N1CCN(S(=O)(=O)c2cccs2)CC1. The van der Waals surface area contributed by atoms with E-state index in [-0.39, 0.29) is 12.3 Å². The van der Waals surface area contributed by atoms with Crippen molar-refractivity contribution < 1.29 is 17.7 Å². The number of sulfonamides is 1. The maximum absolute atomic E-state index is 12.5. The summed E-state index contributed by atoms with van der Waals surface area (Å²) in [5.74, 6) is 0.623. The Kier molecular flexibility index (Phi) is 4.75. The van der Waals surface area contributed by atoms with Gasteiger partial charge in [-0.3, -0.25) is 4.79 Å². The van der Waals surface area contributed by atoms with Crippen molar-refractivity contribution in [2.45, 2.75) is 24.5 Å². The second-order valence-corrected chi connectivity index (χ2v) is 8.81. The summed E-state index contributed by atoms with van der Waals surface area (Å²) in [6.07, 6.45) is 0.235. The average molecular weight is 369 g/mol. The Bertz CT molecular complexity index is 800. The summed E-state index contributed by atoms with van der Waals surface area (Å²) in [5, 5.41) is 5.60. The smallest absolute Gasteiger partial charge is 0.252 e. The molecule has 2 aromatic heterocycles. The number of amides is 1. The maximum atomic E-state index is 12.5. The van der Waals surface area contributed by atoms with Crippen LogP contribution in [0, 0.1) is 13.8 Å². The van der Waals surface area contributed by atoms with E-state index in [1.54, 1.807) is 29.3 Å². The monoisotopic (exact) mass is 369 g/mol. The fraction of sp³-hybridized carbons (Fsp3) is 0.467. The molecular weight excluding hydrogens is 350 g/mol. The number of hydrogen-bond acceptors (Lipinski definition) is 6. The van der Waals surface area contributed by atoms with E-state index in [1.807, 2.05) is 6.92 Å². The quantitative estimate of drug-likeness (QED) is 0.814. The van der Waals surface area contributed by atoms with Gasteiger partial charge >= 0.3 is 0 Å². The zero-order valence-electron chi connectivity index (χ0n) is 13.6. The lowest BCUT2D eigenvalue weighted by atomic mass is 10.1. The highest BCUT2D eigenvalue weighted by Crippen LogP contribution is 2.22. The molecule has 1 fully saturated rings. The van der Waals surface area contributed by atoms with Gasteiger partial charge in [0.05, 0.1) is 12.1 Å². The van der Waals surface area contributed by atoms with Gasteiger partial charge in [-0.05, 0) is 25.3 Å². The van der Waals surface area contributed by atoms with Crippen molar-refractivity contribution in [2.24, 2.45) is 0 Å². The standard InChI is InChI=1S/C15H19N3O4S2/c1-11-13(12(2)22-16-11)10-14(19)17-5-7-18(8-6-17)24(20,21)15-4-3-9-23-15/h3-4,9H,5-8,10H2,1-2H3. The number of aromatic nitrogens is 1. The second kappa shape index (κ2) is 6.66. The first-order valence-corrected chi connectivity index (χ1v) is 9.94. The molecule has 3 heterocycles. The number of thiophene rings is 1. The molecule has 0 spiro atoms. The number of piperazine rings is 1. The van der Waals surface area contributed by atoms with E-state index in [9.17, 15) is 13.2 Å². The summed E-state index contributed by atoms with van der Waals surface area (Å²) in [4.78, 5) is 14.1. The molecule has 0 aliphatic carbocycles. The minimum Gasteiger partial charge on any atom is -0.361 e. The summed E-state index contributed by atoms with van der Waals surface area (Å²) < 4.78 is 31.8. The summed E-state index contributed by atoms with van der Waals surface area (Å²) >= 11 is 1.21. The molecule has 0 radical (unpaired) electrons. The third-order valence-corrected chi connectivity index (χ3v) is 7.46. The fourth-order valence-corrected chi connectivity index (χ4v) is 5.30. The van der Waals surface area contributed by atoms with Gasteiger partial charge in [0.2, 0.25) is 5.91 Å². The van der Waals surface area contributed by atoms with Crippen LogP contribution in [0.25, 0.3) is 0 Å². The Morgan fingerprint density at radius 1 is 1.29 bits per heavy atom. The van der Waals surface area contributed by atoms with Gasteiger partial charge in [-0.25, -0.2) is 8.42 Å². The summed E-state index contributed by atoms with van der Waals surface area (Å²) in [7, 11) is -3.44. The molecule has 2 aromatic rings. The van der Waals surface area contributed by atoms with Crippen LogP contribution in [0.15, 0.2) is 26.2 Å². The molecule has 0 aromatic carbocycles. The van der Waals surface area contributed by atoms with Crippen molar-refractivity contribution in [2.75, 3.05) is 26.2 Å². The van der Waals surface area contributed by atoms with Crippen molar-refractivity contribution in [3.63, 3.8) is 0 Å². The van der Waals surface area contributed by atoms with Crippen molar-refractivity contribution in [3.8, 4) is 0 Å². The molecule has 7 nitrogen and oxygen atoms in total. The van der Waals surface area contributed by atoms with Crippen molar-refractivity contribution in [3.05, 3.63) is 34.5 Å². The Labute approximate surface area is 144 Å². The molecule has 0 N–H and O–H groups in total. The Morgan fingerprint density at radius 2 is 2.00 bits per heavy atom. The topological polar surface area (TPSA) is 83.7 Å². The minimum absolute atomic E-state index is 0.0300. The van der Waals surface area contributed by atoms with Crippen molar-refractivity contribution in [1.82, 2.24) is 14.4 Å². The van der Waals surface area contributed by atoms with Gasteiger partial charge in [-0.1, -0.05) is 11.2 Å². The summed E-state index contributed by atoms with van der Waals surface area (Å²) in [5.41, 5.74) is 1.54. The van der Waals surface area contributed by atoms with Crippen LogP contribution >= 0.6 is 11.3 Å². The van der Waals surface area contributed by atoms with E-state index in [2.05, 4.69) is 5.16 Å². The van der Waals surface area contributed by atoms with Gasteiger partial charge in [0.15, 0.2) is 0 Å². The van der Waals surface area contributed by atoms with E-state index < -0.39 is 10.0 Å². The lowest BCUT2D eigenvalue weighted by Gasteiger charge is -2.33. The van der Waals surface area contributed by atoms with Crippen LogP contribution in [0.5, 0.6) is 0 Å². The lowest BCUT2D eigenvalue weighted by molar-refractivity contribution is -0.131. The van der Waals surface area contributed by atoms with Gasteiger partial charge in [0.1, 0.15) is 9.97 Å². The van der Waals surface area contributed by atoms with Crippen LogP contribution in [-0.2, 0) is 21.2 Å². The third-order valence-electron chi connectivity index (χ3n) is 4.19. The molecule has 1 aliphatic rings. The minimum atomic E-state index is -3.44. The van der Waals surface area contributed by atoms with Crippen LogP contribution in [0.3, 0.4) is 0 Å². The molecule has 0 bridgehead atoms. The summed E-state index contributed by atoms with van der Waals surface area (Å²) in [6, 6.07) is 3.33. The molecule has 1 saturated heterocycles. The maximum Gasteiger partial charge on any atom is 0.252 e. The first-order chi connectivity index (χ1) is 11.4. The van der Waals surface area contributed by atoms with E-state index in [0.29, 0.717) is 36.1 Å². The average Bonchev–Trinajstić information content (AvgIpc) is 3.21. The molecule has 130 valence electrons. The molecule has 1 aliphatic heterocycles. The van der Waals surface area contributed by atoms with Gasteiger partial charge in [0.25, 0.3) is 10.0 Å². The van der Waals surface area contributed by atoms with Crippen LogP contribution in [0.2, 0.25) is 0 Å². The molecule has 0 saturated carbocycles. The predicted octanol–water partition coefficient (Wildman–Crippen LogP) is 1.43. The van der Waals surface area contributed by atoms with E-state index in [1.165, 1.54) is 15.6 Å². The highest BCUT2D eigenvalue weighted by molar-refractivity contribution is 7.91. The zero-order chi connectivity index (χ0) is 17.3. The van der Waals surface area contributed by atoms with Gasteiger partial charge in [0, 0.05) is 31.7 Å².